The third-order valence-corrected chi connectivity index (χ3v) is 6.27. The summed E-state index contributed by atoms with van der Waals surface area (Å²) in [5.41, 5.74) is -0.627. The highest BCUT2D eigenvalue weighted by Crippen LogP contribution is 2.85. The second-order valence-electron chi connectivity index (χ2n) is 5.97. The number of hydrogen-bond acceptors (Lipinski definition) is 0. The van der Waals surface area contributed by atoms with Gasteiger partial charge in [0, 0.05) is 0 Å². The fraction of sp³-hybridized carbons (Fsp3) is 1.00. The van der Waals surface area contributed by atoms with Crippen molar-refractivity contribution in [3.63, 3.8) is 0 Å². The Balaban J connectivity index is 1.93. The van der Waals surface area contributed by atoms with E-state index in [1.807, 2.05) is 0 Å². The van der Waals surface area contributed by atoms with Gasteiger partial charge in [-0.15, -0.1) is 0 Å². The molecule has 0 aliphatic heterocycles. The van der Waals surface area contributed by atoms with Gasteiger partial charge >= 0.3 is 0 Å². The van der Waals surface area contributed by atoms with E-state index >= 15 is 0 Å². The molecule has 0 aromatic heterocycles. The molecule has 6 aliphatic rings. The van der Waals surface area contributed by atoms with Crippen LogP contribution < -0.4 is 0 Å². The minimum absolute atomic E-state index is 0.543. The lowest BCUT2D eigenvalue weighted by molar-refractivity contribution is 0.0184. The SMILES string of the molecule is FC12CC3C4CC5C(CC1C35)C42. The van der Waals surface area contributed by atoms with Crippen LogP contribution in [0, 0.1) is 41.4 Å². The maximum absolute atomic E-state index is 14.5. The molecule has 8 unspecified atom stereocenters. The summed E-state index contributed by atoms with van der Waals surface area (Å²) in [6.45, 7) is 0. The van der Waals surface area contributed by atoms with E-state index in [9.17, 15) is 4.39 Å². The van der Waals surface area contributed by atoms with Crippen LogP contribution in [0.25, 0.3) is 0 Å². The van der Waals surface area contributed by atoms with Gasteiger partial charge in [-0.1, -0.05) is 0 Å². The first-order valence-electron chi connectivity index (χ1n) is 5.49. The summed E-state index contributed by atoms with van der Waals surface area (Å²) in [6, 6.07) is 0. The van der Waals surface area contributed by atoms with Crippen LogP contribution in [0.4, 0.5) is 4.39 Å². The summed E-state index contributed by atoms with van der Waals surface area (Å²) >= 11 is 0. The Labute approximate surface area is 71.5 Å². The van der Waals surface area contributed by atoms with Crippen LogP contribution in [0.5, 0.6) is 0 Å². The van der Waals surface area contributed by atoms with E-state index in [0.717, 1.165) is 36.0 Å². The predicted molar refractivity (Wildman–Crippen MR) is 42.1 cm³/mol. The minimum Gasteiger partial charge on any atom is -0.243 e. The van der Waals surface area contributed by atoms with Gasteiger partial charge in [-0.2, -0.15) is 0 Å². The van der Waals surface area contributed by atoms with Crippen molar-refractivity contribution in [2.24, 2.45) is 41.4 Å². The van der Waals surface area contributed by atoms with Crippen LogP contribution in [-0.4, -0.2) is 5.67 Å². The molecule has 64 valence electrons. The second-order valence-corrected chi connectivity index (χ2v) is 5.97. The highest BCUT2D eigenvalue weighted by Gasteiger charge is 2.83. The Bertz CT molecular complexity index is 297. The van der Waals surface area contributed by atoms with Crippen molar-refractivity contribution in [3.05, 3.63) is 0 Å². The molecule has 6 rings (SSSR count). The maximum atomic E-state index is 14.5. The van der Waals surface area contributed by atoms with Gasteiger partial charge in [0.2, 0.25) is 0 Å². The molecule has 8 atom stereocenters. The molecule has 6 bridgehead atoms. The lowest BCUT2D eigenvalue weighted by Crippen LogP contribution is -2.40. The number of halogens is 1. The molecule has 0 heterocycles. The smallest absolute Gasteiger partial charge is 0.117 e. The van der Waals surface area contributed by atoms with Gasteiger partial charge < -0.3 is 0 Å². The average Bonchev–Trinajstić information content (AvgIpc) is 2.55. The van der Waals surface area contributed by atoms with Crippen LogP contribution in [0.3, 0.4) is 0 Å². The van der Waals surface area contributed by atoms with E-state index in [-0.39, 0.29) is 0 Å². The normalized spacial score (nSPS) is 85.2. The van der Waals surface area contributed by atoms with Crippen LogP contribution in [0.1, 0.15) is 19.3 Å². The monoisotopic (exact) mass is 164 g/mol. The zero-order valence-corrected chi connectivity index (χ0v) is 7.04. The average molecular weight is 164 g/mol. The van der Waals surface area contributed by atoms with Crippen LogP contribution >= 0.6 is 0 Å². The van der Waals surface area contributed by atoms with Gasteiger partial charge in [0.1, 0.15) is 5.67 Å². The third kappa shape index (κ3) is 0.283. The first-order valence-corrected chi connectivity index (χ1v) is 5.49. The van der Waals surface area contributed by atoms with Gasteiger partial charge in [0.05, 0.1) is 0 Å². The lowest BCUT2D eigenvalue weighted by Gasteiger charge is -2.37. The maximum Gasteiger partial charge on any atom is 0.117 e. The topological polar surface area (TPSA) is 0 Å². The molecule has 6 saturated carbocycles. The third-order valence-electron chi connectivity index (χ3n) is 6.27. The Kier molecular flexibility index (Phi) is 0.563. The van der Waals surface area contributed by atoms with Gasteiger partial charge in [-0.3, -0.25) is 0 Å². The highest BCUT2D eigenvalue weighted by atomic mass is 19.1. The fourth-order valence-electron chi connectivity index (χ4n) is 6.49. The molecule has 6 fully saturated rings. The first-order chi connectivity index (χ1) is 5.81. The van der Waals surface area contributed by atoms with Crippen molar-refractivity contribution in [2.75, 3.05) is 0 Å². The number of rotatable bonds is 0. The zero-order valence-electron chi connectivity index (χ0n) is 7.04. The molecule has 6 aliphatic carbocycles. The lowest BCUT2D eigenvalue weighted by atomic mass is 9.70. The summed E-state index contributed by atoms with van der Waals surface area (Å²) in [4.78, 5) is 0. The first kappa shape index (κ1) is 5.62. The largest absolute Gasteiger partial charge is 0.243 e. The van der Waals surface area contributed by atoms with E-state index in [4.69, 9.17) is 0 Å². The molecular formula is C11H13F. The standard InChI is InChI=1S/C11H13F/c12-11-3-7-5-1-4-6(10(5)11)2-8(11)9(4)7/h4-10H,1-3H2. The van der Waals surface area contributed by atoms with Crippen LogP contribution in [0.2, 0.25) is 0 Å². The van der Waals surface area contributed by atoms with E-state index in [2.05, 4.69) is 0 Å². The summed E-state index contributed by atoms with van der Waals surface area (Å²) < 4.78 is 14.5. The Morgan fingerprint density at radius 1 is 1.00 bits per heavy atom. The number of alkyl halides is 1. The van der Waals surface area contributed by atoms with Crippen molar-refractivity contribution in [1.82, 2.24) is 0 Å². The van der Waals surface area contributed by atoms with Crippen molar-refractivity contribution >= 4 is 0 Å². The molecule has 0 amide bonds. The molecule has 12 heavy (non-hydrogen) atoms. The summed E-state index contributed by atoms with van der Waals surface area (Å²) in [6.07, 6.45) is 3.68. The van der Waals surface area contributed by atoms with Crippen LogP contribution in [-0.2, 0) is 0 Å². The second kappa shape index (κ2) is 1.20. The molecule has 1 heteroatoms. The molecule has 0 aromatic rings. The van der Waals surface area contributed by atoms with Crippen molar-refractivity contribution in [3.8, 4) is 0 Å². The summed E-state index contributed by atoms with van der Waals surface area (Å²) in [5, 5.41) is 0. The van der Waals surface area contributed by atoms with Gasteiger partial charge in [0.25, 0.3) is 0 Å². The van der Waals surface area contributed by atoms with Gasteiger partial charge in [0.15, 0.2) is 0 Å². The van der Waals surface area contributed by atoms with E-state index < -0.39 is 5.67 Å². The van der Waals surface area contributed by atoms with Crippen molar-refractivity contribution < 1.29 is 4.39 Å². The number of hydrogen-bond donors (Lipinski definition) is 0. The summed E-state index contributed by atoms with van der Waals surface area (Å²) in [5.74, 6) is 5.54. The zero-order chi connectivity index (χ0) is 7.66. The Morgan fingerprint density at radius 3 is 2.67 bits per heavy atom. The fourth-order valence-corrected chi connectivity index (χ4v) is 6.49. The molecule has 0 spiro atoms. The van der Waals surface area contributed by atoms with E-state index in [0.29, 0.717) is 11.8 Å². The Morgan fingerprint density at radius 2 is 1.83 bits per heavy atom. The molecule has 0 radical (unpaired) electrons. The van der Waals surface area contributed by atoms with Crippen molar-refractivity contribution in [2.45, 2.75) is 24.9 Å². The molecule has 0 aromatic carbocycles. The predicted octanol–water partition coefficient (Wildman–Crippen LogP) is 2.25. The molecule has 0 nitrogen and oxygen atoms in total. The quantitative estimate of drug-likeness (QED) is 0.515. The van der Waals surface area contributed by atoms with Crippen LogP contribution in [0.15, 0.2) is 0 Å². The summed E-state index contributed by atoms with van der Waals surface area (Å²) in [7, 11) is 0. The van der Waals surface area contributed by atoms with Gasteiger partial charge in [-0.05, 0) is 60.7 Å². The minimum atomic E-state index is -0.627. The highest BCUT2D eigenvalue weighted by molar-refractivity contribution is 5.31. The molecule has 0 N–H and O–H groups in total. The Hall–Kier alpha value is -0.0700. The van der Waals surface area contributed by atoms with E-state index in [1.54, 1.807) is 0 Å². The van der Waals surface area contributed by atoms with E-state index in [1.165, 1.54) is 12.8 Å². The molecular weight excluding hydrogens is 151 g/mol. The van der Waals surface area contributed by atoms with Crippen molar-refractivity contribution in [1.29, 1.82) is 0 Å². The molecule has 0 saturated heterocycles. The van der Waals surface area contributed by atoms with Gasteiger partial charge in [-0.25, -0.2) is 4.39 Å².